The molecule has 0 aliphatic rings. The molecular formula is C8H11N3O4S. The second-order valence-electron chi connectivity index (χ2n) is 2.99. The van der Waals surface area contributed by atoms with E-state index in [2.05, 4.69) is 4.98 Å². The van der Waals surface area contributed by atoms with Crippen LogP contribution in [-0.4, -0.2) is 38.6 Å². The van der Waals surface area contributed by atoms with E-state index in [1.165, 1.54) is 6.07 Å². The second kappa shape index (κ2) is 5.64. The summed E-state index contributed by atoms with van der Waals surface area (Å²) < 4.78 is 0. The first-order valence-corrected chi connectivity index (χ1v) is 5.35. The normalized spacial score (nSPS) is 12.4. The molecule has 0 aliphatic carbocycles. The van der Waals surface area contributed by atoms with E-state index < -0.39 is 11.0 Å². The van der Waals surface area contributed by atoms with Gasteiger partial charge in [-0.15, -0.1) is 11.8 Å². The highest BCUT2D eigenvalue weighted by Crippen LogP contribution is 2.23. The molecule has 1 unspecified atom stereocenters. The largest absolute Gasteiger partial charge is 0.394 e. The third-order valence-corrected chi connectivity index (χ3v) is 2.71. The van der Waals surface area contributed by atoms with Crippen LogP contribution in [0.2, 0.25) is 0 Å². The lowest BCUT2D eigenvalue weighted by atomic mass is 10.4. The van der Waals surface area contributed by atoms with Crippen LogP contribution >= 0.6 is 11.8 Å². The molecule has 1 heterocycles. The van der Waals surface area contributed by atoms with E-state index in [1.54, 1.807) is 0 Å². The van der Waals surface area contributed by atoms with Crippen LogP contribution < -0.4 is 5.73 Å². The molecule has 1 rings (SSSR count). The minimum absolute atomic E-state index is 0.0511. The van der Waals surface area contributed by atoms with Gasteiger partial charge in [0.15, 0.2) is 0 Å². The molecule has 0 spiro atoms. The number of pyridine rings is 1. The van der Waals surface area contributed by atoms with Crippen molar-refractivity contribution in [1.29, 1.82) is 0 Å². The zero-order valence-corrected chi connectivity index (χ0v) is 9.05. The highest BCUT2D eigenvalue weighted by atomic mass is 32.2. The Kier molecular flexibility index (Phi) is 4.47. The first kappa shape index (κ1) is 12.7. The minimum atomic E-state index is -0.882. The van der Waals surface area contributed by atoms with E-state index in [-0.39, 0.29) is 23.9 Å². The summed E-state index contributed by atoms with van der Waals surface area (Å²) in [7, 11) is 0. The van der Waals surface area contributed by atoms with Crippen molar-refractivity contribution in [3.05, 3.63) is 22.2 Å². The van der Waals surface area contributed by atoms with Gasteiger partial charge >= 0.3 is 0 Å². The summed E-state index contributed by atoms with van der Waals surface area (Å²) in [5.74, 6) is 0.250. The highest BCUT2D eigenvalue weighted by Gasteiger charge is 2.11. The number of aliphatic hydroxyl groups excluding tert-OH is 2. The van der Waals surface area contributed by atoms with Crippen molar-refractivity contribution in [3.8, 4) is 0 Å². The Bertz CT molecular complexity index is 388. The quantitative estimate of drug-likeness (QED) is 0.379. The number of nitrogen functional groups attached to an aromatic ring is 1. The third kappa shape index (κ3) is 3.65. The number of hydrogen-bond acceptors (Lipinski definition) is 7. The number of rotatable bonds is 5. The molecule has 0 amide bonds. The van der Waals surface area contributed by atoms with Crippen molar-refractivity contribution < 1.29 is 15.1 Å². The fourth-order valence-corrected chi connectivity index (χ4v) is 1.77. The molecule has 0 radical (unpaired) electrons. The monoisotopic (exact) mass is 245 g/mol. The number of nitro groups is 1. The summed E-state index contributed by atoms with van der Waals surface area (Å²) in [5.41, 5.74) is 5.25. The molecule has 0 fully saturated rings. The molecular weight excluding hydrogens is 234 g/mol. The zero-order chi connectivity index (χ0) is 12.1. The average Bonchev–Trinajstić information content (AvgIpc) is 2.25. The summed E-state index contributed by atoms with van der Waals surface area (Å²) in [6.07, 6.45) is -0.882. The number of aromatic nitrogens is 1. The van der Waals surface area contributed by atoms with Gasteiger partial charge in [-0.2, -0.15) is 0 Å². The SMILES string of the molecule is Nc1cc([N+](=O)[O-])cc(SCC(O)CO)n1. The van der Waals surface area contributed by atoms with Crippen LogP contribution in [-0.2, 0) is 0 Å². The predicted molar refractivity (Wildman–Crippen MR) is 59.1 cm³/mol. The molecule has 1 atom stereocenters. The Morgan fingerprint density at radius 3 is 2.88 bits per heavy atom. The van der Waals surface area contributed by atoms with E-state index >= 15 is 0 Å². The molecule has 0 bridgehead atoms. The van der Waals surface area contributed by atoms with E-state index in [9.17, 15) is 10.1 Å². The molecule has 7 nitrogen and oxygen atoms in total. The summed E-state index contributed by atoms with van der Waals surface area (Å²) in [4.78, 5) is 13.8. The predicted octanol–water partition coefficient (Wildman–Crippen LogP) is 0.0173. The van der Waals surface area contributed by atoms with Gasteiger partial charge in [0, 0.05) is 11.8 Å². The van der Waals surface area contributed by atoms with E-state index in [1.807, 2.05) is 0 Å². The van der Waals surface area contributed by atoms with Gasteiger partial charge in [-0.3, -0.25) is 10.1 Å². The first-order valence-electron chi connectivity index (χ1n) is 4.36. The Morgan fingerprint density at radius 1 is 1.62 bits per heavy atom. The molecule has 1 aromatic rings. The van der Waals surface area contributed by atoms with Crippen LogP contribution in [0.1, 0.15) is 0 Å². The van der Waals surface area contributed by atoms with Crippen LogP contribution in [0.25, 0.3) is 0 Å². The van der Waals surface area contributed by atoms with E-state index in [4.69, 9.17) is 15.9 Å². The minimum Gasteiger partial charge on any atom is -0.394 e. The molecule has 8 heteroatoms. The Labute approximate surface area is 95.5 Å². The maximum absolute atomic E-state index is 10.5. The molecule has 0 saturated carbocycles. The van der Waals surface area contributed by atoms with Crippen LogP contribution in [0.3, 0.4) is 0 Å². The maximum atomic E-state index is 10.5. The van der Waals surface area contributed by atoms with Gasteiger partial charge in [-0.1, -0.05) is 0 Å². The number of nitrogens with zero attached hydrogens (tertiary/aromatic N) is 2. The van der Waals surface area contributed by atoms with Crippen molar-refractivity contribution in [2.45, 2.75) is 11.1 Å². The van der Waals surface area contributed by atoms with Gasteiger partial charge in [0.1, 0.15) is 10.8 Å². The number of nitrogens with two attached hydrogens (primary N) is 1. The summed E-state index contributed by atoms with van der Waals surface area (Å²) in [5, 5.41) is 28.6. The lowest BCUT2D eigenvalue weighted by molar-refractivity contribution is -0.385. The van der Waals surface area contributed by atoms with Crippen molar-refractivity contribution in [2.75, 3.05) is 18.1 Å². The van der Waals surface area contributed by atoms with Crippen molar-refractivity contribution in [1.82, 2.24) is 4.98 Å². The Morgan fingerprint density at radius 2 is 2.31 bits per heavy atom. The molecule has 0 aromatic carbocycles. The lowest BCUT2D eigenvalue weighted by Crippen LogP contribution is -2.14. The second-order valence-corrected chi connectivity index (χ2v) is 4.03. The first-order chi connectivity index (χ1) is 7.52. The fourth-order valence-electron chi connectivity index (χ4n) is 0.925. The summed E-state index contributed by atoms with van der Waals surface area (Å²) in [6.45, 7) is -0.364. The lowest BCUT2D eigenvalue weighted by Gasteiger charge is -2.06. The maximum Gasteiger partial charge on any atom is 0.275 e. The smallest absolute Gasteiger partial charge is 0.275 e. The molecule has 1 aromatic heterocycles. The van der Waals surface area contributed by atoms with Crippen LogP contribution in [0, 0.1) is 10.1 Å². The van der Waals surface area contributed by atoms with Crippen molar-refractivity contribution >= 4 is 23.3 Å². The summed E-state index contributed by atoms with van der Waals surface area (Å²) in [6, 6.07) is 2.43. The van der Waals surface area contributed by atoms with Gasteiger partial charge in [-0.05, 0) is 0 Å². The zero-order valence-electron chi connectivity index (χ0n) is 8.24. The molecule has 0 aliphatic heterocycles. The van der Waals surface area contributed by atoms with Crippen LogP contribution in [0.5, 0.6) is 0 Å². The molecule has 16 heavy (non-hydrogen) atoms. The van der Waals surface area contributed by atoms with Gasteiger partial charge in [0.05, 0.1) is 23.7 Å². The number of thioether (sulfide) groups is 1. The summed E-state index contributed by atoms with van der Waals surface area (Å²) >= 11 is 1.09. The van der Waals surface area contributed by atoms with E-state index in [0.717, 1.165) is 17.8 Å². The van der Waals surface area contributed by atoms with Gasteiger partial charge in [-0.25, -0.2) is 4.98 Å². The Balaban J connectivity index is 2.76. The highest BCUT2D eigenvalue weighted by molar-refractivity contribution is 7.99. The number of hydrogen-bond donors (Lipinski definition) is 3. The van der Waals surface area contributed by atoms with Crippen molar-refractivity contribution in [2.24, 2.45) is 0 Å². The average molecular weight is 245 g/mol. The van der Waals surface area contributed by atoms with Gasteiger partial charge < -0.3 is 15.9 Å². The molecule has 4 N–H and O–H groups in total. The fraction of sp³-hybridized carbons (Fsp3) is 0.375. The van der Waals surface area contributed by atoms with Gasteiger partial charge in [0.2, 0.25) is 0 Å². The molecule has 88 valence electrons. The standard InChI is InChI=1S/C8H11N3O4S/c9-7-1-5(11(14)15)2-8(10-7)16-4-6(13)3-12/h1-2,6,12-13H,3-4H2,(H2,9,10). The number of anilines is 1. The van der Waals surface area contributed by atoms with Crippen LogP contribution in [0.15, 0.2) is 17.2 Å². The number of aliphatic hydroxyl groups is 2. The molecule has 0 saturated heterocycles. The van der Waals surface area contributed by atoms with Crippen molar-refractivity contribution in [3.63, 3.8) is 0 Å². The third-order valence-electron chi connectivity index (χ3n) is 1.65. The van der Waals surface area contributed by atoms with Gasteiger partial charge in [0.25, 0.3) is 5.69 Å². The topological polar surface area (TPSA) is 123 Å². The van der Waals surface area contributed by atoms with E-state index in [0.29, 0.717) is 5.03 Å². The Hall–Kier alpha value is -1.38. The van der Waals surface area contributed by atoms with Crippen LogP contribution in [0.4, 0.5) is 11.5 Å².